The number of benzene rings is 13. The minimum Gasteiger partial charge on any atom is -0.309 e. The van der Waals surface area contributed by atoms with E-state index in [4.69, 9.17) is 0 Å². The van der Waals surface area contributed by atoms with E-state index in [9.17, 15) is 0 Å². The van der Waals surface area contributed by atoms with Crippen LogP contribution in [0.25, 0.3) is 98.8 Å². The van der Waals surface area contributed by atoms with E-state index in [0.29, 0.717) is 0 Å². The van der Waals surface area contributed by atoms with Crippen molar-refractivity contribution in [2.75, 3.05) is 9.80 Å². The van der Waals surface area contributed by atoms with Gasteiger partial charge in [0.2, 0.25) is 0 Å². The predicted molar refractivity (Wildman–Crippen MR) is 330 cm³/mol. The van der Waals surface area contributed by atoms with Crippen LogP contribution in [0.5, 0.6) is 0 Å². The van der Waals surface area contributed by atoms with Gasteiger partial charge in [0.15, 0.2) is 0 Å². The fourth-order valence-electron chi connectivity index (χ4n) is 12.1. The number of hydrogen-bond donors (Lipinski definition) is 0. The Hall–Kier alpha value is -10.4. The molecule has 0 aliphatic carbocycles. The fourth-order valence-corrected chi connectivity index (χ4v) is 12.1. The maximum atomic E-state index is 2.47. The first-order valence-corrected chi connectivity index (χ1v) is 26.8. The Morgan fingerprint density at radius 2 is 0.397 bits per heavy atom. The molecule has 4 heteroatoms. The Bertz CT molecular complexity index is 4230. The monoisotopic (exact) mass is 994 g/mol. The van der Waals surface area contributed by atoms with Crippen LogP contribution >= 0.6 is 0 Å². The van der Waals surface area contributed by atoms with Gasteiger partial charge < -0.3 is 18.9 Å². The molecule has 0 aliphatic rings. The van der Waals surface area contributed by atoms with Crippen LogP contribution < -0.4 is 9.80 Å². The van der Waals surface area contributed by atoms with Crippen molar-refractivity contribution in [1.29, 1.82) is 0 Å². The summed E-state index contributed by atoms with van der Waals surface area (Å²) in [6.45, 7) is 0. The molecule has 0 saturated carbocycles. The quantitative estimate of drug-likeness (QED) is 0.100. The molecule has 0 radical (unpaired) electrons. The largest absolute Gasteiger partial charge is 0.309 e. The Kier molecular flexibility index (Phi) is 10.8. The van der Waals surface area contributed by atoms with Crippen molar-refractivity contribution in [3.8, 4) is 33.6 Å². The molecule has 2 aromatic heterocycles. The minimum atomic E-state index is 1.06. The van der Waals surface area contributed by atoms with E-state index >= 15 is 0 Å². The molecule has 0 bridgehead atoms. The zero-order chi connectivity index (χ0) is 51.5. The number of aromatic nitrogens is 2. The average Bonchev–Trinajstić information content (AvgIpc) is 4.18. The zero-order valence-corrected chi connectivity index (χ0v) is 42.7. The van der Waals surface area contributed by atoms with Crippen LogP contribution in [0.2, 0.25) is 0 Å². The van der Waals surface area contributed by atoms with E-state index in [1.165, 1.54) is 65.9 Å². The molecule has 366 valence electrons. The van der Waals surface area contributed by atoms with Crippen LogP contribution in [-0.4, -0.2) is 9.13 Å². The van der Waals surface area contributed by atoms with Crippen molar-refractivity contribution < 1.29 is 0 Å². The van der Waals surface area contributed by atoms with E-state index < -0.39 is 0 Å². The van der Waals surface area contributed by atoms with Gasteiger partial charge in [0, 0.05) is 77.2 Å². The van der Waals surface area contributed by atoms with Crippen LogP contribution in [0.4, 0.5) is 34.1 Å². The minimum absolute atomic E-state index is 1.06. The highest BCUT2D eigenvalue weighted by Crippen LogP contribution is 2.52. The highest BCUT2D eigenvalue weighted by molar-refractivity contribution is 6.23. The molecule has 0 aliphatic heterocycles. The molecular formula is C74H50N4. The van der Waals surface area contributed by atoms with Gasteiger partial charge in [-0.1, -0.05) is 206 Å². The normalized spacial score (nSPS) is 11.6. The SMILES string of the molecule is c1ccc(-c2ccc(N(c3ccc(-n4c5ccccc5c5ccccc54)cc3)c3c4ccccc4c(N(c4ccc(-c5ccccc5)cc4)c4ccc(-n5c6ccccc6c6ccccc65)cc4)c4ccccc34)cc2)cc1. The summed E-state index contributed by atoms with van der Waals surface area (Å²) >= 11 is 0. The topological polar surface area (TPSA) is 16.3 Å². The Morgan fingerprint density at radius 3 is 0.679 bits per heavy atom. The van der Waals surface area contributed by atoms with Gasteiger partial charge >= 0.3 is 0 Å². The lowest BCUT2D eigenvalue weighted by Crippen LogP contribution is -2.14. The van der Waals surface area contributed by atoms with Crippen LogP contribution in [0.3, 0.4) is 0 Å². The number of para-hydroxylation sites is 4. The lowest BCUT2D eigenvalue weighted by atomic mass is 9.95. The molecule has 15 aromatic rings. The molecule has 0 amide bonds. The standard InChI is InChI=1S/C74H50N4/c1-3-19-51(20-4-1)53-35-39-55(40-36-53)75(57-43-47-59(48-44-57)77-69-31-15-11-23-61(69)62-24-12-16-32-70(62)77)73-65-27-7-9-29-67(65)74(68-30-10-8-28-66(68)73)76(56-41-37-54(38-42-56)52-21-5-2-6-22-52)58-45-49-60(50-46-58)78-71-33-17-13-25-63(71)64-26-14-18-34-72(64)78/h1-50H. The van der Waals surface area contributed by atoms with E-state index in [-0.39, 0.29) is 0 Å². The molecule has 15 rings (SSSR count). The summed E-state index contributed by atoms with van der Waals surface area (Å²) < 4.78 is 4.78. The molecule has 0 atom stereocenters. The fraction of sp³-hybridized carbons (Fsp3) is 0. The first-order valence-electron chi connectivity index (χ1n) is 26.8. The predicted octanol–water partition coefficient (Wildman–Crippen LogP) is 20.5. The van der Waals surface area contributed by atoms with Crippen LogP contribution in [-0.2, 0) is 0 Å². The molecule has 78 heavy (non-hydrogen) atoms. The summed E-state index contributed by atoms with van der Waals surface area (Å²) in [5.74, 6) is 0. The van der Waals surface area contributed by atoms with Crippen molar-refractivity contribution in [2.24, 2.45) is 0 Å². The molecular weight excluding hydrogens is 945 g/mol. The third-order valence-corrected chi connectivity index (χ3v) is 15.7. The van der Waals surface area contributed by atoms with Gasteiger partial charge in [0.1, 0.15) is 0 Å². The number of rotatable bonds is 10. The first-order chi connectivity index (χ1) is 38.7. The summed E-state index contributed by atoms with van der Waals surface area (Å²) in [5.41, 5.74) is 18.2. The van der Waals surface area contributed by atoms with Gasteiger partial charge in [-0.15, -0.1) is 0 Å². The zero-order valence-electron chi connectivity index (χ0n) is 42.7. The Labute approximate surface area is 452 Å². The smallest absolute Gasteiger partial charge is 0.0619 e. The van der Waals surface area contributed by atoms with Gasteiger partial charge in [-0.2, -0.15) is 0 Å². The van der Waals surface area contributed by atoms with Crippen LogP contribution in [0, 0.1) is 0 Å². The number of anilines is 6. The third kappa shape index (κ3) is 7.45. The molecule has 0 fully saturated rings. The van der Waals surface area contributed by atoms with Crippen molar-refractivity contribution in [2.45, 2.75) is 0 Å². The third-order valence-electron chi connectivity index (χ3n) is 15.7. The molecule has 0 saturated heterocycles. The molecule has 4 nitrogen and oxygen atoms in total. The summed E-state index contributed by atoms with van der Waals surface area (Å²) in [4.78, 5) is 4.94. The lowest BCUT2D eigenvalue weighted by molar-refractivity contribution is 1.17. The second-order valence-corrected chi connectivity index (χ2v) is 20.1. The van der Waals surface area contributed by atoms with E-state index in [1.807, 2.05) is 0 Å². The van der Waals surface area contributed by atoms with Crippen molar-refractivity contribution in [1.82, 2.24) is 9.13 Å². The molecule has 0 N–H and O–H groups in total. The Morgan fingerprint density at radius 1 is 0.179 bits per heavy atom. The lowest BCUT2D eigenvalue weighted by Gasteiger charge is -2.33. The number of nitrogens with zero attached hydrogens (tertiary/aromatic N) is 4. The second-order valence-electron chi connectivity index (χ2n) is 20.1. The average molecular weight is 995 g/mol. The maximum Gasteiger partial charge on any atom is 0.0619 e. The van der Waals surface area contributed by atoms with Crippen molar-refractivity contribution in [3.05, 3.63) is 303 Å². The van der Waals surface area contributed by atoms with Gasteiger partial charge in [-0.25, -0.2) is 0 Å². The van der Waals surface area contributed by atoms with E-state index in [0.717, 1.165) is 67.0 Å². The highest BCUT2D eigenvalue weighted by atomic mass is 15.2. The highest BCUT2D eigenvalue weighted by Gasteiger charge is 2.26. The number of hydrogen-bond acceptors (Lipinski definition) is 2. The number of fused-ring (bicyclic) bond motifs is 8. The van der Waals surface area contributed by atoms with Crippen LogP contribution in [0.15, 0.2) is 303 Å². The molecule has 0 spiro atoms. The maximum absolute atomic E-state index is 2.47. The molecule has 0 unspecified atom stereocenters. The van der Waals surface area contributed by atoms with Gasteiger partial charge in [-0.05, 0) is 119 Å². The Balaban J connectivity index is 0.943. The summed E-state index contributed by atoms with van der Waals surface area (Å²) in [6.07, 6.45) is 0. The van der Waals surface area contributed by atoms with Gasteiger partial charge in [0.25, 0.3) is 0 Å². The molecule has 2 heterocycles. The van der Waals surface area contributed by atoms with Gasteiger partial charge in [-0.3, -0.25) is 0 Å². The summed E-state index contributed by atoms with van der Waals surface area (Å²) in [5, 5.41) is 9.53. The van der Waals surface area contributed by atoms with Crippen LogP contribution in [0.1, 0.15) is 0 Å². The van der Waals surface area contributed by atoms with Crippen molar-refractivity contribution >= 4 is 99.3 Å². The first kappa shape index (κ1) is 45.0. The van der Waals surface area contributed by atoms with Crippen molar-refractivity contribution in [3.63, 3.8) is 0 Å². The van der Waals surface area contributed by atoms with E-state index in [2.05, 4.69) is 322 Å². The summed E-state index contributed by atoms with van der Waals surface area (Å²) in [7, 11) is 0. The molecule has 13 aromatic carbocycles. The second kappa shape index (κ2) is 18.7. The summed E-state index contributed by atoms with van der Waals surface area (Å²) in [6, 6.07) is 111. The van der Waals surface area contributed by atoms with Gasteiger partial charge in [0.05, 0.1) is 33.4 Å². The van der Waals surface area contributed by atoms with E-state index in [1.54, 1.807) is 0 Å².